The smallest absolute Gasteiger partial charge is 0.416 e. The molecule has 1 fully saturated rings. The van der Waals surface area contributed by atoms with Gasteiger partial charge in [0.15, 0.2) is 0 Å². The number of phenolic OH excluding ortho intramolecular Hbond substituents is 1. The lowest BCUT2D eigenvalue weighted by molar-refractivity contribution is -0.137. The quantitative estimate of drug-likeness (QED) is 0.156. The topological polar surface area (TPSA) is 76.6 Å². The van der Waals surface area contributed by atoms with Gasteiger partial charge in [-0.2, -0.15) is 13.2 Å². The number of likely N-dealkylation sites (tertiary alicyclic amines) is 1. The number of aliphatic hydroxyl groups is 1. The Bertz CT molecular complexity index is 1610. The van der Waals surface area contributed by atoms with Gasteiger partial charge in [-0.25, -0.2) is 0 Å². The first-order chi connectivity index (χ1) is 20.6. The molecule has 1 aliphatic heterocycles. The molecule has 1 saturated heterocycles. The van der Waals surface area contributed by atoms with E-state index in [1.54, 1.807) is 0 Å². The van der Waals surface area contributed by atoms with Crippen LogP contribution in [-0.4, -0.2) is 51.6 Å². The normalized spacial score (nSPS) is 15.7. The second-order valence-corrected chi connectivity index (χ2v) is 12.6. The summed E-state index contributed by atoms with van der Waals surface area (Å²) >= 11 is 7.24. The SMILES string of the molecule is O=c1[nH]c2ccc(C(F)(F)F)cc2c(-c2cc(Cl)ccc2O)c1SCC(O)CCCN1CCC(Cc2ccccc2)CC1. The summed E-state index contributed by atoms with van der Waals surface area (Å²) in [6.45, 7) is 2.93. The molecule has 10 heteroatoms. The lowest BCUT2D eigenvalue weighted by atomic mass is 9.90. The number of aromatic hydroxyl groups is 1. The number of aromatic amines is 1. The van der Waals surface area contributed by atoms with Crippen LogP contribution in [0.25, 0.3) is 22.0 Å². The van der Waals surface area contributed by atoms with Gasteiger partial charge in [-0.05, 0) is 99.6 Å². The molecule has 1 unspecified atom stereocenters. The van der Waals surface area contributed by atoms with Crippen LogP contribution in [0.5, 0.6) is 5.75 Å². The number of nitrogens with zero attached hydrogens (tertiary/aromatic N) is 1. The van der Waals surface area contributed by atoms with Gasteiger partial charge in [0.2, 0.25) is 0 Å². The number of aliphatic hydroxyl groups excluding tert-OH is 1. The summed E-state index contributed by atoms with van der Waals surface area (Å²) in [5.74, 6) is 0.630. The lowest BCUT2D eigenvalue weighted by Gasteiger charge is -2.32. The number of nitrogens with one attached hydrogen (secondary N) is 1. The molecule has 228 valence electrons. The monoisotopic (exact) mass is 630 g/mol. The highest BCUT2D eigenvalue weighted by atomic mass is 35.5. The van der Waals surface area contributed by atoms with E-state index in [9.17, 15) is 28.2 Å². The largest absolute Gasteiger partial charge is 0.507 e. The van der Waals surface area contributed by atoms with Crippen LogP contribution >= 0.6 is 23.4 Å². The van der Waals surface area contributed by atoms with Crippen molar-refractivity contribution in [2.24, 2.45) is 5.92 Å². The van der Waals surface area contributed by atoms with Crippen LogP contribution in [0.15, 0.2) is 76.4 Å². The van der Waals surface area contributed by atoms with Crippen molar-refractivity contribution in [3.8, 4) is 16.9 Å². The van der Waals surface area contributed by atoms with Crippen LogP contribution in [-0.2, 0) is 12.6 Å². The molecule has 0 spiro atoms. The molecule has 2 heterocycles. The number of halogens is 4. The first-order valence-corrected chi connectivity index (χ1v) is 15.8. The number of piperidine rings is 1. The minimum atomic E-state index is -4.60. The number of phenols is 1. The molecule has 0 aliphatic carbocycles. The standard InChI is InChI=1S/C33H34ClF3N2O3S/c34-24-9-11-29(41)27(19-24)30-26-18-23(33(35,36)37)8-10-28(26)38-32(42)31(30)43-20-25(40)7-4-14-39-15-12-22(13-16-39)17-21-5-2-1-3-6-21/h1-3,5-6,8-11,18-19,22,25,40-41H,4,7,12-17,20H2,(H,38,42). The Morgan fingerprint density at radius 3 is 2.51 bits per heavy atom. The van der Waals surface area contributed by atoms with E-state index in [0.29, 0.717) is 12.3 Å². The third kappa shape index (κ3) is 7.95. The molecule has 5 nitrogen and oxygen atoms in total. The van der Waals surface area contributed by atoms with Crippen LogP contribution in [0.1, 0.15) is 36.8 Å². The maximum absolute atomic E-state index is 13.6. The summed E-state index contributed by atoms with van der Waals surface area (Å²) in [6.07, 6.45) is -0.614. The summed E-state index contributed by atoms with van der Waals surface area (Å²) in [5, 5.41) is 21.8. The Balaban J connectivity index is 1.25. The maximum atomic E-state index is 13.6. The lowest BCUT2D eigenvalue weighted by Crippen LogP contribution is -2.35. The molecule has 5 rings (SSSR count). The highest BCUT2D eigenvalue weighted by molar-refractivity contribution is 7.99. The summed E-state index contributed by atoms with van der Waals surface area (Å²) in [7, 11) is 0. The van der Waals surface area contributed by atoms with Gasteiger partial charge in [0.25, 0.3) is 5.56 Å². The van der Waals surface area contributed by atoms with E-state index in [2.05, 4.69) is 34.1 Å². The Morgan fingerprint density at radius 1 is 1.05 bits per heavy atom. The average molecular weight is 631 g/mol. The number of rotatable bonds is 10. The molecule has 1 aliphatic rings. The molecular formula is C33H34ClF3N2O3S. The molecule has 1 aromatic heterocycles. The second kappa shape index (κ2) is 13.8. The van der Waals surface area contributed by atoms with Crippen LogP contribution < -0.4 is 5.56 Å². The molecule has 0 amide bonds. The van der Waals surface area contributed by atoms with Crippen molar-refractivity contribution < 1.29 is 23.4 Å². The highest BCUT2D eigenvalue weighted by Crippen LogP contribution is 2.42. The number of pyridine rings is 1. The number of H-pyrrole nitrogens is 1. The van der Waals surface area contributed by atoms with Crippen molar-refractivity contribution in [1.82, 2.24) is 9.88 Å². The van der Waals surface area contributed by atoms with E-state index in [0.717, 1.165) is 69.2 Å². The first-order valence-electron chi connectivity index (χ1n) is 14.4. The van der Waals surface area contributed by atoms with Gasteiger partial charge < -0.3 is 20.1 Å². The van der Waals surface area contributed by atoms with Gasteiger partial charge in [0.05, 0.1) is 16.6 Å². The highest BCUT2D eigenvalue weighted by Gasteiger charge is 2.31. The van der Waals surface area contributed by atoms with E-state index in [1.807, 2.05) is 6.07 Å². The van der Waals surface area contributed by atoms with Crippen molar-refractivity contribution in [3.63, 3.8) is 0 Å². The van der Waals surface area contributed by atoms with Crippen molar-refractivity contribution >= 4 is 34.3 Å². The number of aromatic nitrogens is 1. The number of thioether (sulfide) groups is 1. The first kappa shape index (κ1) is 31.4. The fraction of sp³-hybridized carbons (Fsp3) is 0.364. The zero-order valence-corrected chi connectivity index (χ0v) is 25.1. The Morgan fingerprint density at radius 2 is 1.79 bits per heavy atom. The summed E-state index contributed by atoms with van der Waals surface area (Å²) in [6, 6.07) is 17.8. The van der Waals surface area contributed by atoms with Crippen LogP contribution in [0, 0.1) is 5.92 Å². The third-order valence-corrected chi connectivity index (χ3v) is 9.50. The van der Waals surface area contributed by atoms with Crippen LogP contribution in [0.2, 0.25) is 5.02 Å². The number of alkyl halides is 3. The molecule has 0 saturated carbocycles. The number of hydrogen-bond acceptors (Lipinski definition) is 5. The zero-order valence-electron chi connectivity index (χ0n) is 23.5. The number of hydrogen-bond donors (Lipinski definition) is 3. The predicted octanol–water partition coefficient (Wildman–Crippen LogP) is 7.76. The molecular weight excluding hydrogens is 597 g/mol. The van der Waals surface area contributed by atoms with E-state index in [4.69, 9.17) is 11.6 Å². The Hall–Kier alpha value is -2.98. The molecule has 3 N–H and O–H groups in total. The fourth-order valence-electron chi connectivity index (χ4n) is 5.74. The van der Waals surface area contributed by atoms with E-state index < -0.39 is 23.4 Å². The maximum Gasteiger partial charge on any atom is 0.416 e. The van der Waals surface area contributed by atoms with E-state index in [-0.39, 0.29) is 43.5 Å². The Labute approximate surface area is 257 Å². The average Bonchev–Trinajstić information content (AvgIpc) is 2.98. The predicted molar refractivity (Wildman–Crippen MR) is 167 cm³/mol. The molecule has 3 aromatic carbocycles. The summed E-state index contributed by atoms with van der Waals surface area (Å²) in [5.41, 5.74) is 0.481. The van der Waals surface area contributed by atoms with Gasteiger partial charge in [0, 0.05) is 32.8 Å². The van der Waals surface area contributed by atoms with Crippen molar-refractivity contribution in [1.29, 1.82) is 0 Å². The minimum Gasteiger partial charge on any atom is -0.507 e. The van der Waals surface area contributed by atoms with Gasteiger partial charge in [-0.1, -0.05) is 41.9 Å². The summed E-state index contributed by atoms with van der Waals surface area (Å²) < 4.78 is 40.8. The molecule has 4 aromatic rings. The molecule has 43 heavy (non-hydrogen) atoms. The Kier molecular flexibility index (Phi) is 10.1. The van der Waals surface area contributed by atoms with Crippen molar-refractivity contribution in [2.75, 3.05) is 25.4 Å². The van der Waals surface area contributed by atoms with Gasteiger partial charge in [-0.15, -0.1) is 11.8 Å². The second-order valence-electron chi connectivity index (χ2n) is 11.2. The molecule has 0 bridgehead atoms. The minimum absolute atomic E-state index is 0.115. The summed E-state index contributed by atoms with van der Waals surface area (Å²) in [4.78, 5) is 18.4. The molecule has 0 radical (unpaired) electrons. The van der Waals surface area contributed by atoms with Gasteiger partial charge in [-0.3, -0.25) is 4.79 Å². The van der Waals surface area contributed by atoms with Gasteiger partial charge in [0.1, 0.15) is 5.75 Å². The van der Waals surface area contributed by atoms with E-state index in [1.165, 1.54) is 29.8 Å². The molecule has 1 atom stereocenters. The third-order valence-electron chi connectivity index (χ3n) is 8.03. The zero-order chi connectivity index (χ0) is 30.6. The number of fused-ring (bicyclic) bond motifs is 1. The van der Waals surface area contributed by atoms with Crippen LogP contribution in [0.4, 0.5) is 13.2 Å². The van der Waals surface area contributed by atoms with Crippen LogP contribution in [0.3, 0.4) is 0 Å². The van der Waals surface area contributed by atoms with Crippen molar-refractivity contribution in [2.45, 2.75) is 49.3 Å². The van der Waals surface area contributed by atoms with Crippen molar-refractivity contribution in [3.05, 3.63) is 93.2 Å². The van der Waals surface area contributed by atoms with Gasteiger partial charge >= 0.3 is 6.18 Å². The number of benzene rings is 3. The van der Waals surface area contributed by atoms with E-state index >= 15 is 0 Å². The fourth-order valence-corrected chi connectivity index (χ4v) is 6.98.